The van der Waals surface area contributed by atoms with Crippen LogP contribution in [0, 0.1) is 0 Å². The van der Waals surface area contributed by atoms with E-state index < -0.39 is 0 Å². The summed E-state index contributed by atoms with van der Waals surface area (Å²) in [4.78, 5) is 29.5. The molecule has 0 aliphatic carbocycles. The van der Waals surface area contributed by atoms with Crippen molar-refractivity contribution in [2.45, 2.75) is 25.8 Å². The number of aromatic amines is 1. The van der Waals surface area contributed by atoms with Crippen LogP contribution in [-0.2, 0) is 30.6 Å². The highest BCUT2D eigenvalue weighted by Gasteiger charge is 2.22. The number of aromatic nitrogens is 3. The third-order valence-corrected chi connectivity index (χ3v) is 8.11. The first kappa shape index (κ1) is 27.3. The number of benzene rings is 3. The second-order valence-electron chi connectivity index (χ2n) is 10.7. The van der Waals surface area contributed by atoms with Crippen molar-refractivity contribution in [3.05, 3.63) is 104 Å². The highest BCUT2D eigenvalue weighted by molar-refractivity contribution is 6.30. The summed E-state index contributed by atoms with van der Waals surface area (Å²) in [5.74, 6) is 1.60. The van der Waals surface area contributed by atoms with Crippen molar-refractivity contribution in [1.29, 1.82) is 0 Å². The molecular formula is C31H33ClN6O3. The maximum absolute atomic E-state index is 12.8. The van der Waals surface area contributed by atoms with Crippen molar-refractivity contribution in [1.82, 2.24) is 24.6 Å². The summed E-state index contributed by atoms with van der Waals surface area (Å²) >= 11 is 6.02. The van der Waals surface area contributed by atoms with E-state index in [9.17, 15) is 9.59 Å². The minimum atomic E-state index is -0.234. The molecule has 0 bridgehead atoms. The third-order valence-electron chi connectivity index (χ3n) is 7.86. The van der Waals surface area contributed by atoms with Gasteiger partial charge in [-0.15, -0.1) is 0 Å². The first-order valence-electron chi connectivity index (χ1n) is 13.9. The molecule has 3 aromatic carbocycles. The van der Waals surface area contributed by atoms with Crippen LogP contribution in [-0.4, -0.2) is 70.3 Å². The minimum absolute atomic E-state index is 0.0311. The summed E-state index contributed by atoms with van der Waals surface area (Å²) in [5, 5.41) is 10.4. The van der Waals surface area contributed by atoms with Gasteiger partial charge in [-0.1, -0.05) is 35.9 Å². The molecule has 6 rings (SSSR count). The first-order chi connectivity index (χ1) is 19.9. The quantitative estimate of drug-likeness (QED) is 0.335. The summed E-state index contributed by atoms with van der Waals surface area (Å²) in [6.07, 6.45) is 2.26. The average molecular weight is 573 g/mol. The van der Waals surface area contributed by atoms with Gasteiger partial charge in [0.1, 0.15) is 11.6 Å². The Kier molecular flexibility index (Phi) is 7.91. The van der Waals surface area contributed by atoms with Crippen LogP contribution in [0.15, 0.2) is 65.5 Å². The monoisotopic (exact) mass is 572 g/mol. The number of rotatable bonds is 8. The van der Waals surface area contributed by atoms with Gasteiger partial charge in [0.25, 0.3) is 0 Å². The van der Waals surface area contributed by atoms with Crippen LogP contribution in [0.1, 0.15) is 28.1 Å². The molecule has 0 atom stereocenters. The number of carbonyl (C=O) groups is 1. The summed E-state index contributed by atoms with van der Waals surface area (Å²) in [6.45, 7) is 4.63. The number of methoxy groups -OCH3 is 1. The van der Waals surface area contributed by atoms with E-state index in [2.05, 4.69) is 43.5 Å². The molecule has 1 fully saturated rings. The second kappa shape index (κ2) is 11.9. The van der Waals surface area contributed by atoms with E-state index in [0.29, 0.717) is 13.0 Å². The Morgan fingerprint density at radius 3 is 2.51 bits per heavy atom. The van der Waals surface area contributed by atoms with Gasteiger partial charge in [-0.25, -0.2) is 14.5 Å². The molecule has 1 amide bonds. The fourth-order valence-electron chi connectivity index (χ4n) is 5.70. The molecule has 2 N–H and O–H groups in total. The molecule has 4 aromatic rings. The standard InChI is InChI=1S/C31H33ClN6O3/c1-41-28-17-22(2-5-24(28)16-21-3-7-25(32)8-4-21)19-36-12-14-37(15-13-36)20-30(39)33-26-9-10-27-23(18-26)6-11-29-34-35-31(40)38(27)29/h2-5,7-10,17-18H,6,11-16,19-20H2,1H3,(H,33,39)(H,35,40). The number of ether oxygens (including phenoxy) is 1. The summed E-state index contributed by atoms with van der Waals surface area (Å²) in [6, 6.07) is 20.1. The minimum Gasteiger partial charge on any atom is -0.496 e. The number of fused-ring (bicyclic) bond motifs is 3. The van der Waals surface area contributed by atoms with Crippen LogP contribution in [0.4, 0.5) is 5.69 Å². The molecule has 9 nitrogen and oxygen atoms in total. The molecule has 41 heavy (non-hydrogen) atoms. The third kappa shape index (κ3) is 6.22. The van der Waals surface area contributed by atoms with Crippen molar-refractivity contribution in [2.75, 3.05) is 45.2 Å². The molecule has 2 aliphatic rings. The van der Waals surface area contributed by atoms with E-state index in [1.807, 2.05) is 42.5 Å². The highest BCUT2D eigenvalue weighted by atomic mass is 35.5. The van der Waals surface area contributed by atoms with Crippen molar-refractivity contribution in [2.24, 2.45) is 0 Å². The molecular weight excluding hydrogens is 540 g/mol. The topological polar surface area (TPSA) is 95.5 Å². The number of nitrogens with one attached hydrogen (secondary N) is 2. The summed E-state index contributed by atoms with van der Waals surface area (Å²) in [7, 11) is 1.72. The van der Waals surface area contributed by atoms with Crippen LogP contribution in [0.25, 0.3) is 5.69 Å². The number of nitrogens with zero attached hydrogens (tertiary/aromatic N) is 4. The average Bonchev–Trinajstić information content (AvgIpc) is 3.36. The lowest BCUT2D eigenvalue weighted by atomic mass is 10.0. The van der Waals surface area contributed by atoms with Gasteiger partial charge in [-0.3, -0.25) is 14.6 Å². The SMILES string of the molecule is COc1cc(CN2CCN(CC(=O)Nc3ccc4c(c3)CCc3n[nH]c(=O)n3-4)CC2)ccc1Cc1ccc(Cl)cc1. The van der Waals surface area contributed by atoms with Crippen molar-refractivity contribution < 1.29 is 9.53 Å². The normalized spacial score (nSPS) is 15.3. The summed E-state index contributed by atoms with van der Waals surface area (Å²) in [5.41, 5.74) is 5.92. The Morgan fingerprint density at radius 1 is 0.976 bits per heavy atom. The lowest BCUT2D eigenvalue weighted by molar-refractivity contribution is -0.117. The number of hydrogen-bond acceptors (Lipinski definition) is 6. The van der Waals surface area contributed by atoms with Gasteiger partial charge in [-0.2, -0.15) is 5.10 Å². The van der Waals surface area contributed by atoms with Crippen LogP contribution in [0.3, 0.4) is 0 Å². The number of H-pyrrole nitrogens is 1. The van der Waals surface area contributed by atoms with Crippen LogP contribution in [0.2, 0.25) is 5.02 Å². The number of amides is 1. The van der Waals surface area contributed by atoms with Gasteiger partial charge in [0.15, 0.2) is 0 Å². The number of halogens is 1. The number of aryl methyl sites for hydroxylation is 2. The van der Waals surface area contributed by atoms with Gasteiger partial charge < -0.3 is 10.1 Å². The molecule has 0 radical (unpaired) electrons. The Labute approximate surface area is 243 Å². The lowest BCUT2D eigenvalue weighted by Crippen LogP contribution is -2.48. The maximum atomic E-state index is 12.8. The van der Waals surface area contributed by atoms with Gasteiger partial charge in [0.2, 0.25) is 5.91 Å². The summed E-state index contributed by atoms with van der Waals surface area (Å²) < 4.78 is 7.32. The van der Waals surface area contributed by atoms with Crippen molar-refractivity contribution >= 4 is 23.2 Å². The Balaban J connectivity index is 0.995. The smallest absolute Gasteiger partial charge is 0.347 e. The zero-order valence-electron chi connectivity index (χ0n) is 23.0. The van der Waals surface area contributed by atoms with Crippen LogP contribution in [0.5, 0.6) is 5.75 Å². The van der Waals surface area contributed by atoms with E-state index in [0.717, 1.165) is 84.7 Å². The van der Waals surface area contributed by atoms with Crippen molar-refractivity contribution in [3.63, 3.8) is 0 Å². The Hall–Kier alpha value is -3.92. The molecule has 10 heteroatoms. The molecule has 212 valence electrons. The largest absolute Gasteiger partial charge is 0.496 e. The fraction of sp³-hybridized carbons (Fsp3) is 0.323. The predicted molar refractivity (Wildman–Crippen MR) is 159 cm³/mol. The van der Waals surface area contributed by atoms with E-state index in [-0.39, 0.29) is 11.6 Å². The fourth-order valence-corrected chi connectivity index (χ4v) is 5.82. The molecule has 0 unspecified atom stereocenters. The predicted octanol–water partition coefficient (Wildman–Crippen LogP) is 3.67. The van der Waals surface area contributed by atoms with Gasteiger partial charge in [-0.05, 0) is 65.1 Å². The molecule has 0 spiro atoms. The Morgan fingerprint density at radius 2 is 1.73 bits per heavy atom. The number of hydrogen-bond donors (Lipinski definition) is 2. The number of anilines is 1. The number of piperazine rings is 1. The van der Waals surface area contributed by atoms with Gasteiger partial charge in [0.05, 0.1) is 19.3 Å². The highest BCUT2D eigenvalue weighted by Crippen LogP contribution is 2.26. The molecule has 3 heterocycles. The molecule has 1 aromatic heterocycles. The zero-order valence-corrected chi connectivity index (χ0v) is 23.8. The molecule has 0 saturated carbocycles. The lowest BCUT2D eigenvalue weighted by Gasteiger charge is -2.34. The first-order valence-corrected chi connectivity index (χ1v) is 14.3. The van der Waals surface area contributed by atoms with E-state index >= 15 is 0 Å². The van der Waals surface area contributed by atoms with Crippen molar-refractivity contribution in [3.8, 4) is 11.4 Å². The van der Waals surface area contributed by atoms with Crippen LogP contribution >= 0.6 is 11.6 Å². The second-order valence-corrected chi connectivity index (χ2v) is 11.1. The molecule has 2 aliphatic heterocycles. The molecule has 1 saturated heterocycles. The van der Waals surface area contributed by atoms with E-state index in [1.54, 1.807) is 11.7 Å². The van der Waals surface area contributed by atoms with Crippen LogP contribution < -0.4 is 15.7 Å². The number of carbonyl (C=O) groups excluding carboxylic acids is 1. The maximum Gasteiger partial charge on any atom is 0.347 e. The van der Waals surface area contributed by atoms with Gasteiger partial charge in [0, 0.05) is 56.3 Å². The van der Waals surface area contributed by atoms with E-state index in [4.69, 9.17) is 16.3 Å². The van der Waals surface area contributed by atoms with Gasteiger partial charge >= 0.3 is 5.69 Å². The zero-order chi connectivity index (χ0) is 28.3. The van der Waals surface area contributed by atoms with E-state index in [1.165, 1.54) is 11.1 Å². The Bertz CT molecular complexity index is 1610.